The second kappa shape index (κ2) is 7.04. The molecule has 3 rings (SSSR count). The lowest BCUT2D eigenvalue weighted by molar-refractivity contribution is 0.0153. The largest absolute Gasteiger partial charge is 0.444 e. The van der Waals surface area contributed by atoms with E-state index < -0.39 is 5.60 Å². The van der Waals surface area contributed by atoms with Crippen molar-refractivity contribution in [3.8, 4) is 0 Å². The van der Waals surface area contributed by atoms with Gasteiger partial charge in [0.25, 0.3) is 0 Å². The van der Waals surface area contributed by atoms with Crippen molar-refractivity contribution in [2.24, 2.45) is 0 Å². The Bertz CT molecular complexity index is 726. The maximum Gasteiger partial charge on any atom is 0.410 e. The first-order valence-electron chi connectivity index (χ1n) is 8.92. The van der Waals surface area contributed by atoms with Gasteiger partial charge >= 0.3 is 6.09 Å². The number of fused-ring (bicyclic) bond motifs is 1. The van der Waals surface area contributed by atoms with Gasteiger partial charge in [-0.1, -0.05) is 6.07 Å². The first kappa shape index (κ1) is 17.7. The van der Waals surface area contributed by atoms with Crippen LogP contribution in [0.2, 0.25) is 0 Å². The second-order valence-corrected chi connectivity index (χ2v) is 7.81. The number of hydrogen-bond donors (Lipinski definition) is 0. The van der Waals surface area contributed by atoms with Crippen molar-refractivity contribution in [3.63, 3.8) is 0 Å². The van der Waals surface area contributed by atoms with Crippen LogP contribution in [0, 0.1) is 0 Å². The van der Waals surface area contributed by atoms with Gasteiger partial charge in [-0.15, -0.1) is 0 Å². The normalized spacial score (nSPS) is 16.6. The molecule has 0 bridgehead atoms. The third-order valence-corrected chi connectivity index (χ3v) is 4.66. The predicted octanol–water partition coefficient (Wildman–Crippen LogP) is 3.17. The molecule has 0 N–H and O–H groups in total. The van der Waals surface area contributed by atoms with E-state index in [4.69, 9.17) is 4.74 Å². The molecule has 3 heterocycles. The van der Waals surface area contributed by atoms with Gasteiger partial charge in [0.2, 0.25) is 0 Å². The van der Waals surface area contributed by atoms with E-state index in [1.54, 1.807) is 0 Å². The number of pyridine rings is 1. The minimum Gasteiger partial charge on any atom is -0.444 e. The lowest BCUT2D eigenvalue weighted by Crippen LogP contribution is -2.46. The van der Waals surface area contributed by atoms with E-state index in [0.717, 1.165) is 38.1 Å². The summed E-state index contributed by atoms with van der Waals surface area (Å²) in [7, 11) is 2.15. The Morgan fingerprint density at radius 2 is 2.04 bits per heavy atom. The van der Waals surface area contributed by atoms with E-state index in [9.17, 15) is 4.79 Å². The zero-order chi connectivity index (χ0) is 18.0. The van der Waals surface area contributed by atoms with Crippen LogP contribution < -0.4 is 0 Å². The summed E-state index contributed by atoms with van der Waals surface area (Å²) in [6.07, 6.45) is 7.55. The second-order valence-electron chi connectivity index (χ2n) is 7.81. The summed E-state index contributed by atoms with van der Waals surface area (Å²) in [5, 5.41) is 0. The number of ether oxygens (including phenoxy) is 1. The van der Waals surface area contributed by atoms with Crippen molar-refractivity contribution < 1.29 is 9.53 Å². The molecule has 0 aliphatic carbocycles. The summed E-state index contributed by atoms with van der Waals surface area (Å²) in [5.41, 5.74) is 1.80. The predicted molar refractivity (Wildman–Crippen MR) is 97.5 cm³/mol. The van der Waals surface area contributed by atoms with E-state index >= 15 is 0 Å². The van der Waals surface area contributed by atoms with E-state index in [0.29, 0.717) is 6.04 Å². The molecule has 6 nitrogen and oxygen atoms in total. The number of imidazole rings is 1. The molecule has 0 radical (unpaired) electrons. The number of aromatic nitrogens is 2. The van der Waals surface area contributed by atoms with Gasteiger partial charge in [0.1, 0.15) is 11.2 Å². The molecule has 2 aromatic rings. The quantitative estimate of drug-likeness (QED) is 0.858. The number of nitrogens with zero attached hydrogens (tertiary/aromatic N) is 4. The van der Waals surface area contributed by atoms with E-state index in [2.05, 4.69) is 29.1 Å². The van der Waals surface area contributed by atoms with Crippen LogP contribution in [0.15, 0.2) is 30.7 Å². The summed E-state index contributed by atoms with van der Waals surface area (Å²) >= 11 is 0. The lowest BCUT2D eigenvalue weighted by Gasteiger charge is -2.37. The molecule has 2 aromatic heterocycles. The number of hydrogen-bond acceptors (Lipinski definition) is 4. The van der Waals surface area contributed by atoms with E-state index in [1.165, 1.54) is 5.56 Å². The molecule has 0 aromatic carbocycles. The van der Waals surface area contributed by atoms with E-state index in [1.807, 2.05) is 48.7 Å². The molecule has 0 unspecified atom stereocenters. The van der Waals surface area contributed by atoms with Crippen molar-refractivity contribution in [1.29, 1.82) is 0 Å². The van der Waals surface area contributed by atoms with Crippen molar-refractivity contribution >= 4 is 11.7 Å². The lowest BCUT2D eigenvalue weighted by atomic mass is 10.0. The van der Waals surface area contributed by atoms with Crippen molar-refractivity contribution in [3.05, 3.63) is 36.3 Å². The van der Waals surface area contributed by atoms with Crippen LogP contribution in [0.5, 0.6) is 0 Å². The first-order chi connectivity index (χ1) is 11.8. The fraction of sp³-hybridized carbons (Fsp3) is 0.579. The number of carbonyl (C=O) groups is 1. The first-order valence-corrected chi connectivity index (χ1v) is 8.92. The molecule has 136 valence electrons. The molecule has 1 fully saturated rings. The smallest absolute Gasteiger partial charge is 0.410 e. The van der Waals surface area contributed by atoms with Gasteiger partial charge in [-0.25, -0.2) is 9.78 Å². The van der Waals surface area contributed by atoms with Crippen molar-refractivity contribution in [2.45, 2.75) is 51.8 Å². The minimum atomic E-state index is -0.437. The highest BCUT2D eigenvalue weighted by atomic mass is 16.6. The van der Waals surface area contributed by atoms with Gasteiger partial charge in [0.05, 0.1) is 0 Å². The van der Waals surface area contributed by atoms with E-state index in [-0.39, 0.29) is 6.09 Å². The Hall–Kier alpha value is -2.08. The summed E-state index contributed by atoms with van der Waals surface area (Å²) < 4.78 is 7.52. The van der Waals surface area contributed by atoms with Gasteiger partial charge in [0, 0.05) is 49.8 Å². The van der Waals surface area contributed by atoms with Crippen LogP contribution in [0.25, 0.3) is 5.65 Å². The van der Waals surface area contributed by atoms with Crippen LogP contribution in [-0.4, -0.2) is 57.1 Å². The van der Waals surface area contributed by atoms with Crippen LogP contribution >= 0.6 is 0 Å². The van der Waals surface area contributed by atoms with Gasteiger partial charge < -0.3 is 14.0 Å². The highest BCUT2D eigenvalue weighted by Crippen LogP contribution is 2.20. The third-order valence-electron chi connectivity index (χ3n) is 4.66. The fourth-order valence-corrected chi connectivity index (χ4v) is 3.35. The highest BCUT2D eigenvalue weighted by molar-refractivity contribution is 5.68. The third kappa shape index (κ3) is 4.31. The molecule has 0 saturated carbocycles. The average Bonchev–Trinajstić information content (AvgIpc) is 3.03. The Labute approximate surface area is 149 Å². The molecular formula is C19H28N4O2. The molecule has 6 heteroatoms. The summed E-state index contributed by atoms with van der Waals surface area (Å²) in [4.78, 5) is 20.8. The zero-order valence-corrected chi connectivity index (χ0v) is 15.6. The summed E-state index contributed by atoms with van der Waals surface area (Å²) in [6.45, 7) is 8.07. The van der Waals surface area contributed by atoms with Crippen LogP contribution in [0.4, 0.5) is 4.79 Å². The van der Waals surface area contributed by atoms with Gasteiger partial charge in [-0.2, -0.15) is 0 Å². The molecule has 1 aliphatic rings. The van der Waals surface area contributed by atoms with Gasteiger partial charge in [-0.3, -0.25) is 4.90 Å². The molecule has 1 saturated heterocycles. The molecule has 0 atom stereocenters. The minimum absolute atomic E-state index is 0.198. The Morgan fingerprint density at radius 1 is 1.32 bits per heavy atom. The van der Waals surface area contributed by atoms with Crippen LogP contribution in [0.3, 0.4) is 0 Å². The maximum atomic E-state index is 12.2. The van der Waals surface area contributed by atoms with Gasteiger partial charge in [-0.05, 0) is 46.7 Å². The SMILES string of the molecule is CN(Cc1cccn2ccnc12)C1CCN(C(=O)OC(C)(C)C)CC1. The number of likely N-dealkylation sites (tertiary alicyclic amines) is 1. The average molecular weight is 344 g/mol. The topological polar surface area (TPSA) is 50.1 Å². The van der Waals surface area contributed by atoms with Crippen molar-refractivity contribution in [1.82, 2.24) is 19.2 Å². The molecular weight excluding hydrogens is 316 g/mol. The Balaban J connectivity index is 1.56. The fourth-order valence-electron chi connectivity index (χ4n) is 3.35. The molecule has 1 aliphatic heterocycles. The standard InChI is InChI=1S/C19H28N4O2/c1-19(2,3)25-18(24)23-11-7-16(8-12-23)21(4)14-15-6-5-10-22-13-9-20-17(15)22/h5-6,9-10,13,16H,7-8,11-12,14H2,1-4H3. The summed E-state index contributed by atoms with van der Waals surface area (Å²) in [6, 6.07) is 4.66. The van der Waals surface area contributed by atoms with Crippen molar-refractivity contribution in [2.75, 3.05) is 20.1 Å². The molecule has 1 amide bonds. The highest BCUT2D eigenvalue weighted by Gasteiger charge is 2.28. The van der Waals surface area contributed by atoms with Crippen LogP contribution in [0.1, 0.15) is 39.2 Å². The Kier molecular flexibility index (Phi) is 4.99. The molecule has 25 heavy (non-hydrogen) atoms. The monoisotopic (exact) mass is 344 g/mol. The number of carbonyl (C=O) groups excluding carboxylic acids is 1. The maximum absolute atomic E-state index is 12.2. The summed E-state index contributed by atoms with van der Waals surface area (Å²) in [5.74, 6) is 0. The molecule has 0 spiro atoms. The Morgan fingerprint density at radius 3 is 2.72 bits per heavy atom. The number of rotatable bonds is 3. The number of amides is 1. The van der Waals surface area contributed by atoms with Crippen LogP contribution in [-0.2, 0) is 11.3 Å². The zero-order valence-electron chi connectivity index (χ0n) is 15.6. The number of piperidine rings is 1. The van der Waals surface area contributed by atoms with Gasteiger partial charge in [0.15, 0.2) is 0 Å².